The minimum Gasteiger partial charge on any atom is -0.394 e. The molecule has 102 valence electrons. The molecule has 17 heavy (non-hydrogen) atoms. The summed E-state index contributed by atoms with van der Waals surface area (Å²) in [5.41, 5.74) is 0. The molecule has 0 bridgehead atoms. The highest BCUT2D eigenvalue weighted by Crippen LogP contribution is 2.16. The topological polar surface area (TPSA) is 78.9 Å². The maximum Gasteiger partial charge on any atom is 0.279 e. The van der Waals surface area contributed by atoms with E-state index in [9.17, 15) is 8.42 Å². The molecule has 0 saturated carbocycles. The Hall–Kier alpha value is -0.210. The molecule has 1 rings (SSSR count). The summed E-state index contributed by atoms with van der Waals surface area (Å²) in [4.78, 5) is 0. The van der Waals surface area contributed by atoms with Gasteiger partial charge in [0.2, 0.25) is 0 Å². The van der Waals surface area contributed by atoms with Gasteiger partial charge >= 0.3 is 0 Å². The highest BCUT2D eigenvalue weighted by atomic mass is 32.2. The smallest absolute Gasteiger partial charge is 0.279 e. The Bertz CT molecular complexity index is 310. The molecule has 1 aliphatic rings. The van der Waals surface area contributed by atoms with Crippen molar-refractivity contribution in [3.05, 3.63) is 0 Å². The van der Waals surface area contributed by atoms with E-state index in [4.69, 9.17) is 9.84 Å². The lowest BCUT2D eigenvalue weighted by Gasteiger charge is -2.31. The highest BCUT2D eigenvalue weighted by Gasteiger charge is 2.28. The summed E-state index contributed by atoms with van der Waals surface area (Å²) in [6.45, 7) is 4.87. The Labute approximate surface area is 103 Å². The zero-order chi connectivity index (χ0) is 12.9. The standard InChI is InChI=1S/C10H22N2O4S/c1-9(2)11-17(14,15)12-5-3-10(4-6-12)16-8-7-13/h9-11,13H,3-8H2,1-2H3. The van der Waals surface area contributed by atoms with Crippen LogP contribution in [-0.4, -0.2) is 56.3 Å². The Kier molecular flexibility index (Phi) is 5.81. The van der Waals surface area contributed by atoms with Crippen molar-refractivity contribution in [3.8, 4) is 0 Å². The predicted molar refractivity (Wildman–Crippen MR) is 64.8 cm³/mol. The molecule has 7 heteroatoms. The van der Waals surface area contributed by atoms with Crippen molar-refractivity contribution in [2.24, 2.45) is 0 Å². The first-order valence-electron chi connectivity index (χ1n) is 5.95. The van der Waals surface area contributed by atoms with Crippen LogP contribution in [0, 0.1) is 0 Å². The molecule has 0 unspecified atom stereocenters. The molecule has 0 amide bonds. The van der Waals surface area contributed by atoms with E-state index in [0.29, 0.717) is 32.5 Å². The number of rotatable bonds is 6. The number of nitrogens with one attached hydrogen (secondary N) is 1. The zero-order valence-corrected chi connectivity index (χ0v) is 11.2. The van der Waals surface area contributed by atoms with E-state index < -0.39 is 10.2 Å². The average molecular weight is 266 g/mol. The number of ether oxygens (including phenoxy) is 1. The van der Waals surface area contributed by atoms with E-state index in [1.165, 1.54) is 4.31 Å². The van der Waals surface area contributed by atoms with Crippen molar-refractivity contribution >= 4 is 10.2 Å². The summed E-state index contributed by atoms with van der Waals surface area (Å²) < 4.78 is 33.1. The molecule has 0 aliphatic carbocycles. The largest absolute Gasteiger partial charge is 0.394 e. The van der Waals surface area contributed by atoms with Gasteiger partial charge in [0.1, 0.15) is 0 Å². The summed E-state index contributed by atoms with van der Waals surface area (Å²) in [7, 11) is -3.35. The molecule has 0 atom stereocenters. The van der Waals surface area contributed by atoms with E-state index in [1.807, 2.05) is 0 Å². The Morgan fingerprint density at radius 2 is 2.00 bits per heavy atom. The van der Waals surface area contributed by atoms with Gasteiger partial charge in [-0.05, 0) is 26.7 Å². The van der Waals surface area contributed by atoms with Crippen LogP contribution in [-0.2, 0) is 14.9 Å². The second-order valence-electron chi connectivity index (χ2n) is 4.47. The van der Waals surface area contributed by atoms with Gasteiger partial charge in [-0.3, -0.25) is 0 Å². The van der Waals surface area contributed by atoms with Gasteiger partial charge < -0.3 is 9.84 Å². The van der Waals surface area contributed by atoms with E-state index >= 15 is 0 Å². The molecule has 0 radical (unpaired) electrons. The molecule has 0 aromatic heterocycles. The van der Waals surface area contributed by atoms with E-state index in [0.717, 1.165) is 0 Å². The molecule has 0 spiro atoms. The average Bonchev–Trinajstić information content (AvgIpc) is 2.25. The molecule has 2 N–H and O–H groups in total. The van der Waals surface area contributed by atoms with Gasteiger partial charge in [0.05, 0.1) is 19.3 Å². The Morgan fingerprint density at radius 3 is 2.47 bits per heavy atom. The van der Waals surface area contributed by atoms with Gasteiger partial charge in [-0.15, -0.1) is 0 Å². The van der Waals surface area contributed by atoms with Gasteiger partial charge in [-0.25, -0.2) is 0 Å². The Morgan fingerprint density at radius 1 is 1.41 bits per heavy atom. The van der Waals surface area contributed by atoms with Crippen LogP contribution < -0.4 is 4.72 Å². The summed E-state index contributed by atoms with van der Waals surface area (Å²) in [5, 5.41) is 8.64. The summed E-state index contributed by atoms with van der Waals surface area (Å²) in [6.07, 6.45) is 1.42. The fourth-order valence-corrected chi connectivity index (χ4v) is 3.27. The summed E-state index contributed by atoms with van der Waals surface area (Å²) in [6, 6.07) is -0.0941. The van der Waals surface area contributed by atoms with Gasteiger partial charge in [-0.1, -0.05) is 0 Å². The van der Waals surface area contributed by atoms with E-state index in [2.05, 4.69) is 4.72 Å². The minimum atomic E-state index is -3.35. The normalized spacial score (nSPS) is 20.0. The SMILES string of the molecule is CC(C)NS(=O)(=O)N1CCC(OCCO)CC1. The molecular formula is C10H22N2O4S. The van der Waals surface area contributed by atoms with Gasteiger partial charge in [0, 0.05) is 19.1 Å². The van der Waals surface area contributed by atoms with Crippen molar-refractivity contribution in [3.63, 3.8) is 0 Å². The van der Waals surface area contributed by atoms with Crippen molar-refractivity contribution < 1.29 is 18.3 Å². The highest BCUT2D eigenvalue weighted by molar-refractivity contribution is 7.87. The van der Waals surface area contributed by atoms with Gasteiger partial charge in [0.25, 0.3) is 10.2 Å². The number of aliphatic hydroxyl groups is 1. The van der Waals surface area contributed by atoms with Crippen LogP contribution in [0.25, 0.3) is 0 Å². The third-order valence-electron chi connectivity index (χ3n) is 2.57. The lowest BCUT2D eigenvalue weighted by atomic mass is 10.1. The second kappa shape index (κ2) is 6.65. The summed E-state index contributed by atoms with van der Waals surface area (Å²) >= 11 is 0. The fourth-order valence-electron chi connectivity index (χ4n) is 1.83. The molecular weight excluding hydrogens is 244 g/mol. The van der Waals surface area contributed by atoms with Crippen LogP contribution in [0.1, 0.15) is 26.7 Å². The molecule has 0 aromatic rings. The molecule has 1 heterocycles. The maximum atomic E-state index is 11.9. The van der Waals surface area contributed by atoms with Crippen LogP contribution in [0.5, 0.6) is 0 Å². The van der Waals surface area contributed by atoms with E-state index in [1.54, 1.807) is 13.8 Å². The first-order chi connectivity index (χ1) is 7.95. The lowest BCUT2D eigenvalue weighted by Crippen LogP contribution is -2.48. The van der Waals surface area contributed by atoms with Crippen molar-refractivity contribution in [2.45, 2.75) is 38.8 Å². The monoisotopic (exact) mass is 266 g/mol. The minimum absolute atomic E-state index is 0.00736. The van der Waals surface area contributed by atoms with Crippen molar-refractivity contribution in [2.75, 3.05) is 26.3 Å². The van der Waals surface area contributed by atoms with Crippen LogP contribution in [0.15, 0.2) is 0 Å². The predicted octanol–water partition coefficient (Wildman–Crippen LogP) is -0.297. The lowest BCUT2D eigenvalue weighted by molar-refractivity contribution is 0.00304. The van der Waals surface area contributed by atoms with Gasteiger partial charge in [-0.2, -0.15) is 17.4 Å². The molecule has 1 fully saturated rings. The van der Waals surface area contributed by atoms with Crippen LogP contribution >= 0.6 is 0 Å². The number of aliphatic hydroxyl groups excluding tert-OH is 1. The maximum absolute atomic E-state index is 11.9. The van der Waals surface area contributed by atoms with E-state index in [-0.39, 0.29) is 18.8 Å². The molecule has 1 aliphatic heterocycles. The third kappa shape index (κ3) is 4.89. The third-order valence-corrected chi connectivity index (χ3v) is 4.38. The number of nitrogens with zero attached hydrogens (tertiary/aromatic N) is 1. The van der Waals surface area contributed by atoms with Crippen molar-refractivity contribution in [1.82, 2.24) is 9.03 Å². The second-order valence-corrected chi connectivity index (χ2v) is 6.17. The number of hydrogen-bond acceptors (Lipinski definition) is 4. The fraction of sp³-hybridized carbons (Fsp3) is 1.00. The number of hydrogen-bond donors (Lipinski definition) is 2. The van der Waals surface area contributed by atoms with Gasteiger partial charge in [0.15, 0.2) is 0 Å². The number of piperidine rings is 1. The molecule has 1 saturated heterocycles. The Balaban J connectivity index is 2.41. The first-order valence-corrected chi connectivity index (χ1v) is 7.39. The quantitative estimate of drug-likeness (QED) is 0.692. The van der Waals surface area contributed by atoms with Crippen LogP contribution in [0.3, 0.4) is 0 Å². The van der Waals surface area contributed by atoms with Crippen LogP contribution in [0.4, 0.5) is 0 Å². The van der Waals surface area contributed by atoms with Crippen molar-refractivity contribution in [1.29, 1.82) is 0 Å². The summed E-state index contributed by atoms with van der Waals surface area (Å²) in [5.74, 6) is 0. The molecule has 0 aromatic carbocycles. The van der Waals surface area contributed by atoms with Crippen LogP contribution in [0.2, 0.25) is 0 Å². The zero-order valence-electron chi connectivity index (χ0n) is 10.4. The first kappa shape index (κ1) is 14.8. The molecule has 6 nitrogen and oxygen atoms in total.